The molecule has 166 valence electrons. The van der Waals surface area contributed by atoms with Crippen molar-refractivity contribution in [3.05, 3.63) is 105 Å². The largest absolute Gasteiger partial charge is 0.357 e. The summed E-state index contributed by atoms with van der Waals surface area (Å²) in [7, 11) is 1.58. The lowest BCUT2D eigenvalue weighted by Gasteiger charge is -2.32. The van der Waals surface area contributed by atoms with Gasteiger partial charge in [-0.25, -0.2) is 0 Å². The van der Waals surface area contributed by atoms with Crippen molar-refractivity contribution in [1.82, 2.24) is 10.2 Å². The smallest absolute Gasteiger partial charge is 0.242 e. The molecule has 3 aromatic carbocycles. The van der Waals surface area contributed by atoms with Gasteiger partial charge in [0.15, 0.2) is 0 Å². The molecule has 0 spiro atoms. The molecule has 0 aliphatic rings. The summed E-state index contributed by atoms with van der Waals surface area (Å²) in [5.74, 6) is -0.407. The summed E-state index contributed by atoms with van der Waals surface area (Å²) in [5.41, 5.74) is 3.52. The van der Waals surface area contributed by atoms with Crippen LogP contribution < -0.4 is 5.32 Å². The van der Waals surface area contributed by atoms with Crippen molar-refractivity contribution in [2.24, 2.45) is 0 Å². The number of likely N-dealkylation sites (N-methyl/N-ethyl adjacent to an activating group) is 1. The molecule has 1 N–H and O–H groups in total. The molecule has 0 aliphatic heterocycles. The van der Waals surface area contributed by atoms with Crippen LogP contribution in [0.4, 0.5) is 0 Å². The van der Waals surface area contributed by atoms with E-state index < -0.39 is 6.04 Å². The van der Waals surface area contributed by atoms with Gasteiger partial charge < -0.3 is 10.2 Å². The Morgan fingerprint density at radius 3 is 2.16 bits per heavy atom. The Hall–Kier alpha value is -2.82. The minimum absolute atomic E-state index is 0.133. The van der Waals surface area contributed by atoms with Crippen LogP contribution in [0.25, 0.3) is 0 Å². The van der Waals surface area contributed by atoms with Gasteiger partial charge in [0.25, 0.3) is 0 Å². The van der Waals surface area contributed by atoms with Crippen LogP contribution in [0.15, 0.2) is 72.8 Å². The summed E-state index contributed by atoms with van der Waals surface area (Å²) < 4.78 is 0. The summed E-state index contributed by atoms with van der Waals surface area (Å²) >= 11 is 12.8. The molecule has 0 radical (unpaired) electrons. The van der Waals surface area contributed by atoms with E-state index in [1.54, 1.807) is 30.1 Å². The van der Waals surface area contributed by atoms with Gasteiger partial charge in [-0.1, -0.05) is 83.9 Å². The Morgan fingerprint density at radius 1 is 0.906 bits per heavy atom. The lowest BCUT2D eigenvalue weighted by atomic mass is 10.0. The number of carbonyl (C=O) groups excluding carboxylic acids is 2. The number of nitrogens with zero attached hydrogens (tertiary/aromatic N) is 1. The molecule has 2 amide bonds. The maximum atomic E-state index is 13.6. The number of halogens is 2. The van der Waals surface area contributed by atoms with Gasteiger partial charge in [0, 0.05) is 35.6 Å². The molecular weight excluding hydrogens is 443 g/mol. The fourth-order valence-corrected chi connectivity index (χ4v) is 4.16. The van der Waals surface area contributed by atoms with Crippen molar-refractivity contribution in [1.29, 1.82) is 0 Å². The lowest BCUT2D eigenvalue weighted by molar-refractivity contribution is -0.140. The van der Waals surface area contributed by atoms with E-state index in [9.17, 15) is 9.59 Å². The highest BCUT2D eigenvalue weighted by Gasteiger charge is 2.31. The highest BCUT2D eigenvalue weighted by Crippen LogP contribution is 2.27. The van der Waals surface area contributed by atoms with Crippen LogP contribution in [0.3, 0.4) is 0 Å². The first kappa shape index (κ1) is 23.8. The molecule has 0 saturated carbocycles. The number of aryl methyl sites for hydroxylation is 1. The van der Waals surface area contributed by atoms with Crippen LogP contribution in [-0.4, -0.2) is 29.8 Å². The SMILES string of the molecule is CNC(=O)[C@H](Cc1ccccc1)N(Cc1c(Cl)cccc1Cl)C(=O)Cc1ccccc1C. The number of hydrogen-bond acceptors (Lipinski definition) is 2. The van der Waals surface area contributed by atoms with Crippen molar-refractivity contribution >= 4 is 35.0 Å². The number of benzene rings is 3. The van der Waals surface area contributed by atoms with Crippen molar-refractivity contribution in [2.75, 3.05) is 7.05 Å². The quantitative estimate of drug-likeness (QED) is 0.491. The zero-order valence-electron chi connectivity index (χ0n) is 18.1. The Morgan fingerprint density at radius 2 is 1.53 bits per heavy atom. The standard InChI is InChI=1S/C26H26Cl2N2O2/c1-18-9-6-7-12-20(18)16-25(31)30(17-21-22(27)13-8-14-23(21)28)24(26(32)29-2)15-19-10-4-3-5-11-19/h3-14,24H,15-17H2,1-2H3,(H,29,32)/t24-/m0/s1. The summed E-state index contributed by atoms with van der Waals surface area (Å²) in [6, 6.07) is 21.9. The van der Waals surface area contributed by atoms with E-state index in [2.05, 4.69) is 5.32 Å². The molecule has 0 bridgehead atoms. The van der Waals surface area contributed by atoms with Crippen LogP contribution >= 0.6 is 23.2 Å². The molecule has 0 aromatic heterocycles. The first-order valence-corrected chi connectivity index (χ1v) is 11.2. The molecule has 0 fully saturated rings. The first-order valence-electron chi connectivity index (χ1n) is 10.4. The minimum Gasteiger partial charge on any atom is -0.357 e. The maximum absolute atomic E-state index is 13.6. The molecule has 3 aromatic rings. The predicted octanol–water partition coefficient (Wildman–Crippen LogP) is 5.23. The summed E-state index contributed by atoms with van der Waals surface area (Å²) in [4.78, 5) is 28.2. The van der Waals surface area contributed by atoms with E-state index in [1.165, 1.54) is 0 Å². The molecule has 3 rings (SSSR count). The molecule has 0 unspecified atom stereocenters. The van der Waals surface area contributed by atoms with E-state index >= 15 is 0 Å². The summed E-state index contributed by atoms with van der Waals surface area (Å²) in [6.45, 7) is 2.10. The van der Waals surface area contributed by atoms with E-state index in [-0.39, 0.29) is 24.8 Å². The number of carbonyl (C=O) groups is 2. The van der Waals surface area contributed by atoms with E-state index in [0.29, 0.717) is 22.0 Å². The molecule has 0 aliphatic carbocycles. The molecule has 4 nitrogen and oxygen atoms in total. The molecule has 1 atom stereocenters. The van der Waals surface area contributed by atoms with Crippen molar-refractivity contribution < 1.29 is 9.59 Å². The van der Waals surface area contributed by atoms with Gasteiger partial charge in [0.1, 0.15) is 6.04 Å². The van der Waals surface area contributed by atoms with Gasteiger partial charge in [-0.15, -0.1) is 0 Å². The molecule has 6 heteroatoms. The topological polar surface area (TPSA) is 49.4 Å². The van der Waals surface area contributed by atoms with Crippen LogP contribution in [0.5, 0.6) is 0 Å². The first-order chi connectivity index (χ1) is 15.4. The Kier molecular flexibility index (Phi) is 8.32. The molecule has 32 heavy (non-hydrogen) atoms. The average Bonchev–Trinajstić information content (AvgIpc) is 2.79. The fourth-order valence-electron chi connectivity index (χ4n) is 3.65. The van der Waals surface area contributed by atoms with Crippen molar-refractivity contribution in [3.63, 3.8) is 0 Å². The summed E-state index contributed by atoms with van der Waals surface area (Å²) in [6.07, 6.45) is 0.555. The average molecular weight is 469 g/mol. The summed E-state index contributed by atoms with van der Waals surface area (Å²) in [5, 5.41) is 3.63. The number of amides is 2. The van der Waals surface area contributed by atoms with Gasteiger partial charge in [-0.05, 0) is 35.7 Å². The second kappa shape index (κ2) is 11.2. The van der Waals surface area contributed by atoms with E-state index in [4.69, 9.17) is 23.2 Å². The minimum atomic E-state index is -0.716. The third-order valence-corrected chi connectivity index (χ3v) is 6.22. The predicted molar refractivity (Wildman–Crippen MR) is 130 cm³/mol. The lowest BCUT2D eigenvalue weighted by Crippen LogP contribution is -2.50. The fraction of sp³-hybridized carbons (Fsp3) is 0.231. The highest BCUT2D eigenvalue weighted by molar-refractivity contribution is 6.36. The molecular formula is C26H26Cl2N2O2. The second-order valence-electron chi connectivity index (χ2n) is 7.64. The van der Waals surface area contributed by atoms with Crippen molar-refractivity contribution in [2.45, 2.75) is 32.4 Å². The van der Waals surface area contributed by atoms with Crippen LogP contribution in [0.1, 0.15) is 22.3 Å². The van der Waals surface area contributed by atoms with Gasteiger partial charge >= 0.3 is 0 Å². The van der Waals surface area contributed by atoms with Crippen molar-refractivity contribution in [3.8, 4) is 0 Å². The monoisotopic (exact) mass is 468 g/mol. The van der Waals surface area contributed by atoms with Crippen LogP contribution in [0, 0.1) is 6.92 Å². The van der Waals surface area contributed by atoms with Gasteiger partial charge in [-0.2, -0.15) is 0 Å². The van der Waals surface area contributed by atoms with E-state index in [0.717, 1.165) is 16.7 Å². The Balaban J connectivity index is 2.01. The van der Waals surface area contributed by atoms with Gasteiger partial charge in [-0.3, -0.25) is 9.59 Å². The Bertz CT molecular complexity index is 1070. The third kappa shape index (κ3) is 5.90. The normalized spacial score (nSPS) is 11.6. The van der Waals surface area contributed by atoms with E-state index in [1.807, 2.05) is 61.5 Å². The maximum Gasteiger partial charge on any atom is 0.242 e. The third-order valence-electron chi connectivity index (χ3n) is 5.51. The zero-order valence-corrected chi connectivity index (χ0v) is 19.7. The number of nitrogens with one attached hydrogen (secondary N) is 1. The van der Waals surface area contributed by atoms with Crippen LogP contribution in [0.2, 0.25) is 10.0 Å². The number of hydrogen-bond donors (Lipinski definition) is 1. The second-order valence-corrected chi connectivity index (χ2v) is 8.46. The Labute approximate surface area is 199 Å². The van der Waals surface area contributed by atoms with Crippen LogP contribution in [-0.2, 0) is 29.0 Å². The van der Waals surface area contributed by atoms with Gasteiger partial charge in [0.05, 0.1) is 6.42 Å². The molecule has 0 saturated heterocycles. The zero-order chi connectivity index (χ0) is 23.1. The molecule has 0 heterocycles. The highest BCUT2D eigenvalue weighted by atomic mass is 35.5. The van der Waals surface area contributed by atoms with Gasteiger partial charge in [0.2, 0.25) is 11.8 Å². The number of rotatable bonds is 8.